The third kappa shape index (κ3) is 1.78. The summed E-state index contributed by atoms with van der Waals surface area (Å²) < 4.78 is 9.75. The zero-order valence-corrected chi connectivity index (χ0v) is 7.33. The molecule has 0 radical (unpaired) electrons. The second-order valence-corrected chi connectivity index (χ2v) is 2.59. The average molecular weight is 169 g/mol. The van der Waals surface area contributed by atoms with Crippen LogP contribution in [0.1, 0.15) is 0 Å². The van der Waals surface area contributed by atoms with Crippen LogP contribution in [0.25, 0.3) is 0 Å². The average Bonchev–Trinajstić information content (AvgIpc) is 2.29. The van der Waals surface area contributed by atoms with Gasteiger partial charge >= 0.3 is 5.97 Å². The molecular weight excluding hydrogens is 158 g/mol. The topological polar surface area (TPSA) is 38.8 Å². The molecule has 0 N–H and O–H groups in total. The molecule has 4 nitrogen and oxygen atoms in total. The van der Waals surface area contributed by atoms with Gasteiger partial charge in [0, 0.05) is 20.3 Å². The van der Waals surface area contributed by atoms with Crippen molar-refractivity contribution < 1.29 is 14.3 Å². The van der Waals surface area contributed by atoms with Gasteiger partial charge in [0.15, 0.2) is 11.5 Å². The number of carbonyl (C=O) groups excluding carboxylic acids is 1. The first-order valence-corrected chi connectivity index (χ1v) is 3.49. The summed E-state index contributed by atoms with van der Waals surface area (Å²) in [6, 6.07) is 0. The van der Waals surface area contributed by atoms with Crippen LogP contribution in [0.3, 0.4) is 0 Å². The maximum Gasteiger partial charge on any atom is 0.340 e. The summed E-state index contributed by atoms with van der Waals surface area (Å²) in [5.74, 6) is 0.529. The summed E-state index contributed by atoms with van der Waals surface area (Å²) in [6.07, 6.45) is 3.00. The van der Waals surface area contributed by atoms with E-state index in [-0.39, 0.29) is 5.97 Å². The highest BCUT2D eigenvalue weighted by atomic mass is 16.6. The van der Waals surface area contributed by atoms with Crippen molar-refractivity contribution in [1.29, 1.82) is 0 Å². The number of hydrogen-bond acceptors (Lipinski definition) is 4. The zero-order valence-electron chi connectivity index (χ0n) is 7.33. The lowest BCUT2D eigenvalue weighted by Crippen LogP contribution is -2.05. The molecule has 0 aliphatic carbocycles. The zero-order chi connectivity index (χ0) is 9.14. The van der Waals surface area contributed by atoms with Gasteiger partial charge in [-0.25, -0.2) is 4.79 Å². The van der Waals surface area contributed by atoms with Gasteiger partial charge in [-0.15, -0.1) is 0 Å². The van der Waals surface area contributed by atoms with Gasteiger partial charge in [0.1, 0.15) is 0 Å². The number of cyclic esters (lactones) is 1. The van der Waals surface area contributed by atoms with Crippen molar-refractivity contribution >= 4 is 5.97 Å². The van der Waals surface area contributed by atoms with E-state index in [1.807, 2.05) is 14.1 Å². The minimum atomic E-state index is -0.389. The van der Waals surface area contributed by atoms with Crippen molar-refractivity contribution in [1.82, 2.24) is 4.90 Å². The summed E-state index contributed by atoms with van der Waals surface area (Å²) in [5, 5.41) is 0. The lowest BCUT2D eigenvalue weighted by Gasteiger charge is -2.07. The monoisotopic (exact) mass is 169 g/mol. The molecule has 0 spiro atoms. The number of methoxy groups -OCH3 is 1. The Balaban J connectivity index is 2.82. The Labute approximate surface area is 71.1 Å². The molecule has 0 unspecified atom stereocenters. The van der Waals surface area contributed by atoms with Gasteiger partial charge in [0.25, 0.3) is 0 Å². The molecule has 12 heavy (non-hydrogen) atoms. The first-order valence-electron chi connectivity index (χ1n) is 3.49. The van der Waals surface area contributed by atoms with Crippen LogP contribution in [0.15, 0.2) is 23.8 Å². The lowest BCUT2D eigenvalue weighted by atomic mass is 10.4. The summed E-state index contributed by atoms with van der Waals surface area (Å²) in [6.45, 7) is 0. The Bertz CT molecular complexity index is 253. The molecule has 0 aromatic heterocycles. The van der Waals surface area contributed by atoms with Gasteiger partial charge in [-0.1, -0.05) is 0 Å². The van der Waals surface area contributed by atoms with Gasteiger partial charge in [-0.05, 0) is 0 Å². The first-order chi connectivity index (χ1) is 5.63. The molecule has 1 heterocycles. The van der Waals surface area contributed by atoms with E-state index in [0.717, 1.165) is 0 Å². The van der Waals surface area contributed by atoms with E-state index in [1.54, 1.807) is 11.1 Å². The van der Waals surface area contributed by atoms with Crippen molar-refractivity contribution in [3.05, 3.63) is 23.8 Å². The van der Waals surface area contributed by atoms with E-state index >= 15 is 0 Å². The number of carbonyl (C=O) groups is 1. The largest absolute Gasteiger partial charge is 0.493 e. The number of rotatable bonds is 2. The van der Waals surface area contributed by atoms with Crippen LogP contribution in [0.2, 0.25) is 0 Å². The SMILES string of the molecule is COC1=CC(=O)O/C1=C\N(C)C. The van der Waals surface area contributed by atoms with E-state index < -0.39 is 0 Å². The minimum Gasteiger partial charge on any atom is -0.493 e. The molecular formula is C8H11NO3. The maximum absolute atomic E-state index is 10.8. The molecule has 0 amide bonds. The fraction of sp³-hybridized carbons (Fsp3) is 0.375. The molecule has 1 aliphatic heterocycles. The molecule has 0 saturated carbocycles. The van der Waals surface area contributed by atoms with E-state index in [9.17, 15) is 4.79 Å². The number of nitrogens with zero attached hydrogens (tertiary/aromatic N) is 1. The Hall–Kier alpha value is -1.45. The van der Waals surface area contributed by atoms with Crippen LogP contribution >= 0.6 is 0 Å². The smallest absolute Gasteiger partial charge is 0.340 e. The van der Waals surface area contributed by atoms with Crippen molar-refractivity contribution in [3.8, 4) is 0 Å². The molecule has 1 aliphatic rings. The quantitative estimate of drug-likeness (QED) is 0.563. The molecule has 4 heteroatoms. The molecule has 0 fully saturated rings. The third-order valence-electron chi connectivity index (χ3n) is 1.30. The maximum atomic E-state index is 10.8. The lowest BCUT2D eigenvalue weighted by molar-refractivity contribution is -0.132. The predicted molar refractivity (Wildman–Crippen MR) is 43.0 cm³/mol. The predicted octanol–water partition coefficient (Wildman–Crippen LogP) is 0.476. The van der Waals surface area contributed by atoms with E-state index in [1.165, 1.54) is 13.2 Å². The van der Waals surface area contributed by atoms with E-state index in [2.05, 4.69) is 0 Å². The van der Waals surface area contributed by atoms with Crippen LogP contribution < -0.4 is 0 Å². The molecule has 1 rings (SSSR count). The molecule has 0 aromatic rings. The summed E-state index contributed by atoms with van der Waals surface area (Å²) in [5.41, 5.74) is 0. The van der Waals surface area contributed by atoms with Crippen molar-refractivity contribution in [2.45, 2.75) is 0 Å². The Kier molecular flexibility index (Phi) is 2.38. The van der Waals surface area contributed by atoms with Gasteiger partial charge in [0.2, 0.25) is 0 Å². The first kappa shape index (κ1) is 8.64. The highest BCUT2D eigenvalue weighted by Gasteiger charge is 2.20. The highest BCUT2D eigenvalue weighted by molar-refractivity contribution is 5.87. The molecule has 66 valence electrons. The molecule has 0 bridgehead atoms. The van der Waals surface area contributed by atoms with E-state index in [4.69, 9.17) is 9.47 Å². The Morgan fingerprint density at radius 3 is 2.75 bits per heavy atom. The van der Waals surface area contributed by atoms with Gasteiger partial charge in [-0.2, -0.15) is 0 Å². The van der Waals surface area contributed by atoms with Crippen molar-refractivity contribution in [2.75, 3.05) is 21.2 Å². The summed E-state index contributed by atoms with van der Waals surface area (Å²) in [4.78, 5) is 12.5. The van der Waals surface area contributed by atoms with Crippen LogP contribution in [-0.2, 0) is 14.3 Å². The van der Waals surface area contributed by atoms with Crippen LogP contribution in [0.5, 0.6) is 0 Å². The number of esters is 1. The normalized spacial score (nSPS) is 19.1. The van der Waals surface area contributed by atoms with Crippen LogP contribution in [-0.4, -0.2) is 32.1 Å². The standard InChI is InChI=1S/C8H11NO3/c1-9(2)5-7-6(11-3)4-8(10)12-7/h4-5H,1-3H3/b7-5-. The fourth-order valence-corrected chi connectivity index (χ4v) is 0.850. The van der Waals surface area contributed by atoms with Crippen molar-refractivity contribution in [3.63, 3.8) is 0 Å². The summed E-state index contributed by atoms with van der Waals surface area (Å²) in [7, 11) is 5.18. The highest BCUT2D eigenvalue weighted by Crippen LogP contribution is 2.19. The minimum absolute atomic E-state index is 0.389. The molecule has 0 atom stereocenters. The number of ether oxygens (including phenoxy) is 2. The Morgan fingerprint density at radius 2 is 2.25 bits per heavy atom. The second-order valence-electron chi connectivity index (χ2n) is 2.59. The molecule has 0 saturated heterocycles. The fourth-order valence-electron chi connectivity index (χ4n) is 0.850. The Morgan fingerprint density at radius 1 is 1.58 bits per heavy atom. The summed E-state index contributed by atoms with van der Waals surface area (Å²) >= 11 is 0. The van der Waals surface area contributed by atoms with Crippen molar-refractivity contribution in [2.24, 2.45) is 0 Å². The second kappa shape index (κ2) is 3.30. The van der Waals surface area contributed by atoms with Gasteiger partial charge in [0.05, 0.1) is 13.2 Å². The third-order valence-corrected chi connectivity index (χ3v) is 1.30. The number of hydrogen-bond donors (Lipinski definition) is 0. The van der Waals surface area contributed by atoms with E-state index in [0.29, 0.717) is 11.5 Å². The molecule has 0 aromatic carbocycles. The van der Waals surface area contributed by atoms with Crippen LogP contribution in [0.4, 0.5) is 0 Å². The van der Waals surface area contributed by atoms with Gasteiger partial charge < -0.3 is 14.4 Å². The van der Waals surface area contributed by atoms with Gasteiger partial charge in [-0.3, -0.25) is 0 Å². The van der Waals surface area contributed by atoms with Crippen LogP contribution in [0, 0.1) is 0 Å².